The molecule has 0 fully saturated rings. The van der Waals surface area contributed by atoms with E-state index in [0.29, 0.717) is 28.3 Å². The normalized spacial score (nSPS) is 12.9. The number of hydrogen-bond donors (Lipinski definition) is 1. The zero-order valence-corrected chi connectivity index (χ0v) is 24.1. The van der Waals surface area contributed by atoms with Crippen molar-refractivity contribution in [3.05, 3.63) is 114 Å². The van der Waals surface area contributed by atoms with Gasteiger partial charge in [-0.25, -0.2) is 0 Å². The van der Waals surface area contributed by atoms with E-state index < -0.39 is 36.1 Å². The number of methoxy groups -OCH3 is 1. The van der Waals surface area contributed by atoms with Crippen LogP contribution >= 0.6 is 0 Å². The highest BCUT2D eigenvalue weighted by Gasteiger charge is 2.39. The molecule has 0 aliphatic carbocycles. The van der Waals surface area contributed by atoms with Crippen LogP contribution < -0.4 is 19.9 Å². The van der Waals surface area contributed by atoms with E-state index in [-0.39, 0.29) is 12.1 Å². The van der Waals surface area contributed by atoms with Crippen molar-refractivity contribution in [3.63, 3.8) is 0 Å². The highest BCUT2D eigenvalue weighted by Crippen LogP contribution is 2.31. The largest absolute Gasteiger partial charge is 0.497 e. The van der Waals surface area contributed by atoms with Gasteiger partial charge in [0.2, 0.25) is 5.91 Å². The maximum Gasteiger partial charge on any atom is 0.299 e. The van der Waals surface area contributed by atoms with Gasteiger partial charge in [0.1, 0.15) is 18.3 Å². The summed E-state index contributed by atoms with van der Waals surface area (Å²) >= 11 is 0. The molecule has 3 amide bonds. The van der Waals surface area contributed by atoms with Gasteiger partial charge in [0.15, 0.2) is 0 Å². The monoisotopic (exact) mass is 577 g/mol. The fourth-order valence-electron chi connectivity index (χ4n) is 4.96. The Morgan fingerprint density at radius 3 is 2.30 bits per heavy atom. The van der Waals surface area contributed by atoms with E-state index in [1.54, 1.807) is 92.3 Å². The van der Waals surface area contributed by atoms with Crippen LogP contribution in [-0.4, -0.2) is 61.1 Å². The number of hydrogen-bond acceptors (Lipinski definition) is 7. The van der Waals surface area contributed by atoms with Crippen molar-refractivity contribution < 1.29 is 23.9 Å². The summed E-state index contributed by atoms with van der Waals surface area (Å²) in [5, 5.41) is 2.95. The van der Waals surface area contributed by atoms with E-state index in [1.807, 2.05) is 31.1 Å². The van der Waals surface area contributed by atoms with Crippen molar-refractivity contribution in [1.29, 1.82) is 0 Å². The summed E-state index contributed by atoms with van der Waals surface area (Å²) in [5.41, 5.74) is 3.33. The number of anilines is 3. The Hall–Kier alpha value is -5.51. The van der Waals surface area contributed by atoms with Gasteiger partial charge in [0, 0.05) is 44.4 Å². The lowest BCUT2D eigenvalue weighted by Crippen LogP contribution is -2.46. The quantitative estimate of drug-likeness (QED) is 0.283. The van der Waals surface area contributed by atoms with Gasteiger partial charge in [-0.15, -0.1) is 0 Å². The van der Waals surface area contributed by atoms with Crippen molar-refractivity contribution in [2.45, 2.75) is 12.6 Å². The maximum atomic E-state index is 14.2. The average molecular weight is 578 g/mol. The highest BCUT2D eigenvalue weighted by atomic mass is 16.5. The van der Waals surface area contributed by atoms with Crippen molar-refractivity contribution >= 4 is 40.6 Å². The third-order valence-corrected chi connectivity index (χ3v) is 7.21. The second-order valence-electron chi connectivity index (χ2n) is 10.2. The minimum atomic E-state index is -1.10. The molecule has 43 heavy (non-hydrogen) atoms. The number of para-hydroxylation sites is 1. The molecule has 0 saturated heterocycles. The lowest BCUT2D eigenvalue weighted by Gasteiger charge is -2.33. The first-order valence-corrected chi connectivity index (χ1v) is 13.6. The van der Waals surface area contributed by atoms with Gasteiger partial charge in [-0.05, 0) is 65.7 Å². The number of amides is 3. The fraction of sp³-hybridized carbons (Fsp3) is 0.182. The average Bonchev–Trinajstić information content (AvgIpc) is 3.26. The predicted molar refractivity (Wildman–Crippen MR) is 163 cm³/mol. The first-order chi connectivity index (χ1) is 20.8. The lowest BCUT2D eigenvalue weighted by atomic mass is 10.0. The van der Waals surface area contributed by atoms with Crippen molar-refractivity contribution in [1.82, 2.24) is 9.88 Å². The van der Waals surface area contributed by atoms with Crippen LogP contribution in [-0.2, 0) is 20.9 Å². The topological polar surface area (TPSA) is 112 Å². The molecule has 0 saturated carbocycles. The third-order valence-electron chi connectivity index (χ3n) is 7.21. The van der Waals surface area contributed by atoms with Crippen LogP contribution in [0.25, 0.3) is 0 Å². The molecule has 0 bridgehead atoms. The number of benzene rings is 3. The standard InChI is InChI=1S/C33H31N5O5/c1-36(2)25-14-12-24(13-15-25)35-32(41)30(23-10-16-26(43-3)17-11-23)38(20-22-7-6-18-34-19-22)29(39)21-37-28-9-5-4-8-27(28)31(40)33(37)42/h4-19,30H,20-21H2,1-3H3,(H,35,41)/t30-/m0/s1. The number of carbonyl (C=O) groups is 4. The number of Topliss-reactive ketones (excluding diaryl/α,β-unsaturated/α-hetero) is 1. The molecule has 1 N–H and O–H groups in total. The molecular weight excluding hydrogens is 546 g/mol. The van der Waals surface area contributed by atoms with E-state index >= 15 is 0 Å². The Kier molecular flexibility index (Phi) is 8.47. The summed E-state index contributed by atoms with van der Waals surface area (Å²) in [6, 6.07) is 23.2. The second kappa shape index (κ2) is 12.6. The van der Waals surface area contributed by atoms with Gasteiger partial charge in [-0.2, -0.15) is 0 Å². The van der Waals surface area contributed by atoms with Gasteiger partial charge in [-0.1, -0.05) is 30.3 Å². The number of ketones is 1. The molecule has 1 aromatic heterocycles. The van der Waals surface area contributed by atoms with Crippen LogP contribution in [0.2, 0.25) is 0 Å². The number of nitrogens with zero attached hydrogens (tertiary/aromatic N) is 4. The molecular formula is C33H31N5O5. The first-order valence-electron chi connectivity index (χ1n) is 13.6. The van der Waals surface area contributed by atoms with Gasteiger partial charge in [0.25, 0.3) is 17.6 Å². The summed E-state index contributed by atoms with van der Waals surface area (Å²) in [6.07, 6.45) is 3.23. The van der Waals surface area contributed by atoms with Crippen LogP contribution in [0.4, 0.5) is 17.1 Å². The Morgan fingerprint density at radius 1 is 0.930 bits per heavy atom. The summed E-state index contributed by atoms with van der Waals surface area (Å²) in [6.45, 7) is -0.409. The predicted octanol–water partition coefficient (Wildman–Crippen LogP) is 4.09. The molecule has 4 aromatic rings. The minimum absolute atomic E-state index is 0.0218. The van der Waals surface area contributed by atoms with Crippen LogP contribution in [0.3, 0.4) is 0 Å². The Bertz CT molecular complexity index is 1640. The van der Waals surface area contributed by atoms with Gasteiger partial charge in [0.05, 0.1) is 18.4 Å². The number of pyridine rings is 1. The molecule has 2 heterocycles. The molecule has 5 rings (SSSR count). The van der Waals surface area contributed by atoms with E-state index in [1.165, 1.54) is 9.80 Å². The molecule has 218 valence electrons. The molecule has 10 heteroatoms. The Morgan fingerprint density at radius 2 is 1.65 bits per heavy atom. The van der Waals surface area contributed by atoms with Gasteiger partial charge < -0.3 is 19.9 Å². The van der Waals surface area contributed by atoms with Crippen molar-refractivity contribution in [2.75, 3.05) is 42.9 Å². The van der Waals surface area contributed by atoms with E-state index in [2.05, 4.69) is 10.3 Å². The SMILES string of the molecule is COc1ccc([C@@H](C(=O)Nc2ccc(N(C)C)cc2)N(Cc2cccnc2)C(=O)CN2C(=O)C(=O)c3ccccc32)cc1. The highest BCUT2D eigenvalue weighted by molar-refractivity contribution is 6.52. The zero-order chi connectivity index (χ0) is 30.5. The zero-order valence-electron chi connectivity index (χ0n) is 24.1. The molecule has 10 nitrogen and oxygen atoms in total. The van der Waals surface area contributed by atoms with Crippen LogP contribution in [0.5, 0.6) is 5.75 Å². The lowest BCUT2D eigenvalue weighted by molar-refractivity contribution is -0.139. The number of carbonyl (C=O) groups excluding carboxylic acids is 4. The molecule has 3 aromatic carbocycles. The number of fused-ring (bicyclic) bond motifs is 1. The summed E-state index contributed by atoms with van der Waals surface area (Å²) in [4.78, 5) is 62.5. The second-order valence-corrected chi connectivity index (χ2v) is 10.2. The molecule has 1 aliphatic heterocycles. The van der Waals surface area contributed by atoms with Gasteiger partial charge >= 0.3 is 0 Å². The first kappa shape index (κ1) is 29.0. The van der Waals surface area contributed by atoms with E-state index in [0.717, 1.165) is 5.69 Å². The molecule has 0 spiro atoms. The number of nitrogens with one attached hydrogen (secondary N) is 1. The van der Waals surface area contributed by atoms with Crippen LogP contribution in [0.1, 0.15) is 27.5 Å². The fourth-order valence-corrected chi connectivity index (χ4v) is 4.96. The summed E-state index contributed by atoms with van der Waals surface area (Å²) < 4.78 is 5.31. The van der Waals surface area contributed by atoms with E-state index in [9.17, 15) is 19.2 Å². The van der Waals surface area contributed by atoms with Crippen molar-refractivity contribution in [3.8, 4) is 5.75 Å². The molecule has 0 unspecified atom stereocenters. The third kappa shape index (κ3) is 6.23. The molecule has 1 aliphatic rings. The van der Waals surface area contributed by atoms with Crippen molar-refractivity contribution in [2.24, 2.45) is 0 Å². The molecule has 0 radical (unpaired) electrons. The van der Waals surface area contributed by atoms with Crippen LogP contribution in [0, 0.1) is 0 Å². The Labute approximate surface area is 249 Å². The summed E-state index contributed by atoms with van der Waals surface area (Å²) in [7, 11) is 5.39. The maximum absolute atomic E-state index is 14.2. The minimum Gasteiger partial charge on any atom is -0.497 e. The summed E-state index contributed by atoms with van der Waals surface area (Å²) in [5.74, 6) is -1.86. The smallest absolute Gasteiger partial charge is 0.299 e. The van der Waals surface area contributed by atoms with Gasteiger partial charge in [-0.3, -0.25) is 29.1 Å². The number of rotatable bonds is 10. The Balaban J connectivity index is 1.53. The number of ether oxygens (including phenoxy) is 1. The molecule has 1 atom stereocenters. The van der Waals surface area contributed by atoms with E-state index in [4.69, 9.17) is 4.74 Å². The van der Waals surface area contributed by atoms with Crippen LogP contribution in [0.15, 0.2) is 97.3 Å². The number of aromatic nitrogens is 1.